The minimum absolute atomic E-state index is 0.146. The summed E-state index contributed by atoms with van der Waals surface area (Å²) in [5.74, 6) is 0. The van der Waals surface area contributed by atoms with E-state index in [-0.39, 0.29) is 19.6 Å². The molecule has 0 spiro atoms. The van der Waals surface area contributed by atoms with Gasteiger partial charge in [0, 0.05) is 13.2 Å². The summed E-state index contributed by atoms with van der Waals surface area (Å²) in [6, 6.07) is 7.27. The summed E-state index contributed by atoms with van der Waals surface area (Å²) in [5.41, 5.74) is 1.73. The Bertz CT molecular complexity index is 310. The maximum atomic E-state index is 9.79. The van der Waals surface area contributed by atoms with E-state index in [4.69, 9.17) is 10.2 Å². The fraction of sp³-hybridized carbons (Fsp3) is 0.538. The van der Waals surface area contributed by atoms with Crippen LogP contribution in [-0.2, 0) is 6.42 Å². The first-order chi connectivity index (χ1) is 8.19. The van der Waals surface area contributed by atoms with Crippen LogP contribution in [0.3, 0.4) is 0 Å². The van der Waals surface area contributed by atoms with Gasteiger partial charge in [-0.1, -0.05) is 24.3 Å². The molecule has 96 valence electrons. The lowest BCUT2D eigenvalue weighted by Crippen LogP contribution is -2.19. The molecule has 1 aromatic rings. The number of rotatable bonds is 7. The van der Waals surface area contributed by atoms with Crippen LogP contribution in [0.4, 0.5) is 0 Å². The summed E-state index contributed by atoms with van der Waals surface area (Å²) >= 11 is 0. The largest absolute Gasteiger partial charge is 0.396 e. The number of aliphatic hydroxyl groups is 4. The van der Waals surface area contributed by atoms with Gasteiger partial charge in [-0.3, -0.25) is 0 Å². The summed E-state index contributed by atoms with van der Waals surface area (Å²) < 4.78 is 0. The third-order valence-corrected chi connectivity index (χ3v) is 2.73. The lowest BCUT2D eigenvalue weighted by molar-refractivity contribution is 0.00421. The number of benzene rings is 1. The quantitative estimate of drug-likeness (QED) is 0.556. The fourth-order valence-electron chi connectivity index (χ4n) is 1.68. The summed E-state index contributed by atoms with van der Waals surface area (Å²) in [5, 5.41) is 36.7. The van der Waals surface area contributed by atoms with Crippen LogP contribution in [0.2, 0.25) is 0 Å². The molecule has 0 saturated heterocycles. The van der Waals surface area contributed by atoms with Crippen LogP contribution < -0.4 is 0 Å². The van der Waals surface area contributed by atoms with Crippen LogP contribution in [0.15, 0.2) is 24.3 Å². The molecule has 4 heteroatoms. The van der Waals surface area contributed by atoms with Gasteiger partial charge in [-0.05, 0) is 30.4 Å². The van der Waals surface area contributed by atoms with Crippen molar-refractivity contribution in [3.8, 4) is 0 Å². The Balaban J connectivity index is 2.60. The molecule has 2 unspecified atom stereocenters. The molecule has 4 nitrogen and oxygen atoms in total. The molecule has 0 aliphatic heterocycles. The van der Waals surface area contributed by atoms with Gasteiger partial charge in [0.05, 0.1) is 6.10 Å². The molecule has 0 aromatic heterocycles. The molecule has 17 heavy (non-hydrogen) atoms. The highest BCUT2D eigenvalue weighted by Gasteiger charge is 2.17. The van der Waals surface area contributed by atoms with Gasteiger partial charge in [0.2, 0.25) is 0 Å². The molecule has 0 radical (unpaired) electrons. The van der Waals surface area contributed by atoms with Gasteiger partial charge in [0.1, 0.15) is 6.10 Å². The zero-order valence-electron chi connectivity index (χ0n) is 9.79. The second-order valence-electron chi connectivity index (χ2n) is 4.09. The molecular formula is C13H20O4. The Hall–Kier alpha value is -0.940. The summed E-state index contributed by atoms with van der Waals surface area (Å²) in [6.07, 6.45) is -0.230. The summed E-state index contributed by atoms with van der Waals surface area (Å²) in [6.45, 7) is 0.0202. The van der Waals surface area contributed by atoms with Crippen molar-refractivity contribution < 1.29 is 20.4 Å². The smallest absolute Gasteiger partial charge is 0.105 e. The van der Waals surface area contributed by atoms with E-state index in [1.807, 2.05) is 12.1 Å². The van der Waals surface area contributed by atoms with Crippen LogP contribution in [0.5, 0.6) is 0 Å². The average Bonchev–Trinajstić information content (AvgIpc) is 2.36. The molecule has 0 amide bonds. The molecule has 0 heterocycles. The summed E-state index contributed by atoms with van der Waals surface area (Å²) in [7, 11) is 0. The van der Waals surface area contributed by atoms with Crippen LogP contribution in [0, 0.1) is 0 Å². The number of hydrogen-bond donors (Lipinski definition) is 4. The normalized spacial score (nSPS) is 14.6. The van der Waals surface area contributed by atoms with Gasteiger partial charge in [0.15, 0.2) is 0 Å². The highest BCUT2D eigenvalue weighted by atomic mass is 16.3. The van der Waals surface area contributed by atoms with Crippen molar-refractivity contribution in [2.75, 3.05) is 13.2 Å². The minimum atomic E-state index is -0.964. The van der Waals surface area contributed by atoms with E-state index in [0.717, 1.165) is 18.4 Å². The molecule has 1 aromatic carbocycles. The first-order valence-electron chi connectivity index (χ1n) is 5.85. The van der Waals surface area contributed by atoms with Gasteiger partial charge < -0.3 is 20.4 Å². The molecule has 0 saturated carbocycles. The van der Waals surface area contributed by atoms with Crippen molar-refractivity contribution in [3.05, 3.63) is 35.4 Å². The first-order valence-corrected chi connectivity index (χ1v) is 5.85. The predicted molar refractivity (Wildman–Crippen MR) is 64.5 cm³/mol. The van der Waals surface area contributed by atoms with E-state index >= 15 is 0 Å². The van der Waals surface area contributed by atoms with Gasteiger partial charge in [-0.2, -0.15) is 0 Å². The Morgan fingerprint density at radius 2 is 1.59 bits per heavy atom. The van der Waals surface area contributed by atoms with Crippen LogP contribution in [0.25, 0.3) is 0 Å². The van der Waals surface area contributed by atoms with Crippen molar-refractivity contribution in [1.82, 2.24) is 0 Å². The van der Waals surface area contributed by atoms with E-state index in [2.05, 4.69) is 0 Å². The van der Waals surface area contributed by atoms with Crippen LogP contribution in [-0.4, -0.2) is 39.7 Å². The van der Waals surface area contributed by atoms with Crippen molar-refractivity contribution in [2.45, 2.75) is 31.5 Å². The van der Waals surface area contributed by atoms with E-state index in [9.17, 15) is 10.2 Å². The Labute approximate surface area is 101 Å². The molecule has 0 aliphatic carbocycles. The summed E-state index contributed by atoms with van der Waals surface area (Å²) in [4.78, 5) is 0. The molecule has 0 aliphatic rings. The molecule has 2 atom stereocenters. The maximum Gasteiger partial charge on any atom is 0.105 e. The van der Waals surface area contributed by atoms with Crippen LogP contribution >= 0.6 is 0 Å². The third-order valence-electron chi connectivity index (χ3n) is 2.73. The van der Waals surface area contributed by atoms with E-state index in [1.54, 1.807) is 12.1 Å². The van der Waals surface area contributed by atoms with Crippen molar-refractivity contribution >= 4 is 0 Å². The fourth-order valence-corrected chi connectivity index (χ4v) is 1.68. The van der Waals surface area contributed by atoms with Crippen molar-refractivity contribution in [1.29, 1.82) is 0 Å². The lowest BCUT2D eigenvalue weighted by Gasteiger charge is -2.17. The standard InChI is InChI=1S/C13H20O4/c14-8-1-2-10-3-5-11(6-4-10)13(17)12(16)7-9-15/h3-6,12-17H,1-2,7-9H2. The highest BCUT2D eigenvalue weighted by molar-refractivity contribution is 5.24. The number of aryl methyl sites for hydroxylation is 1. The third kappa shape index (κ3) is 4.44. The SMILES string of the molecule is OCCCc1ccc(C(O)C(O)CCO)cc1. The second-order valence-corrected chi connectivity index (χ2v) is 4.09. The predicted octanol–water partition coefficient (Wildman–Crippen LogP) is 0.388. The molecule has 0 bridgehead atoms. The topological polar surface area (TPSA) is 80.9 Å². The number of aliphatic hydroxyl groups excluding tert-OH is 4. The Kier molecular flexibility index (Phi) is 6.15. The average molecular weight is 240 g/mol. The highest BCUT2D eigenvalue weighted by Crippen LogP contribution is 2.19. The Morgan fingerprint density at radius 3 is 2.12 bits per heavy atom. The van der Waals surface area contributed by atoms with E-state index in [0.29, 0.717) is 5.56 Å². The van der Waals surface area contributed by atoms with Crippen molar-refractivity contribution in [3.63, 3.8) is 0 Å². The second kappa shape index (κ2) is 7.40. The Morgan fingerprint density at radius 1 is 0.941 bits per heavy atom. The van der Waals surface area contributed by atoms with Crippen LogP contribution in [0.1, 0.15) is 30.1 Å². The van der Waals surface area contributed by atoms with Gasteiger partial charge in [0.25, 0.3) is 0 Å². The molecule has 0 fully saturated rings. The minimum Gasteiger partial charge on any atom is -0.396 e. The number of hydrogen-bond acceptors (Lipinski definition) is 4. The van der Waals surface area contributed by atoms with Gasteiger partial charge >= 0.3 is 0 Å². The zero-order chi connectivity index (χ0) is 12.7. The molecule has 1 rings (SSSR count). The molecular weight excluding hydrogens is 220 g/mol. The first kappa shape index (κ1) is 14.1. The molecule has 4 N–H and O–H groups in total. The maximum absolute atomic E-state index is 9.79. The van der Waals surface area contributed by atoms with E-state index in [1.165, 1.54) is 0 Å². The van der Waals surface area contributed by atoms with Gasteiger partial charge in [-0.15, -0.1) is 0 Å². The van der Waals surface area contributed by atoms with E-state index < -0.39 is 12.2 Å². The zero-order valence-corrected chi connectivity index (χ0v) is 9.79. The van der Waals surface area contributed by atoms with Crippen molar-refractivity contribution in [2.24, 2.45) is 0 Å². The van der Waals surface area contributed by atoms with Gasteiger partial charge in [-0.25, -0.2) is 0 Å². The monoisotopic (exact) mass is 240 g/mol. The lowest BCUT2D eigenvalue weighted by atomic mass is 10.00.